The highest BCUT2D eigenvalue weighted by atomic mass is 16.5. The van der Waals surface area contributed by atoms with Gasteiger partial charge >= 0.3 is 5.97 Å². The Hall–Kier alpha value is -2.50. The first-order valence-corrected chi connectivity index (χ1v) is 6.20. The molecule has 2 rings (SSSR count). The maximum absolute atomic E-state index is 11.0. The van der Waals surface area contributed by atoms with Gasteiger partial charge in [-0.15, -0.1) is 0 Å². The Morgan fingerprint density at radius 2 is 1.95 bits per heavy atom. The number of aromatic carboxylic acids is 1. The molecule has 20 heavy (non-hydrogen) atoms. The van der Waals surface area contributed by atoms with Gasteiger partial charge in [-0.2, -0.15) is 0 Å². The molecule has 1 aromatic heterocycles. The van der Waals surface area contributed by atoms with Crippen molar-refractivity contribution in [2.75, 3.05) is 7.11 Å². The van der Waals surface area contributed by atoms with Crippen molar-refractivity contribution < 1.29 is 19.4 Å². The van der Waals surface area contributed by atoms with Crippen LogP contribution in [0.2, 0.25) is 0 Å². The minimum absolute atomic E-state index is 0.167. The molecule has 6 nitrogen and oxygen atoms in total. The van der Waals surface area contributed by atoms with Gasteiger partial charge in [0, 0.05) is 6.54 Å². The summed E-state index contributed by atoms with van der Waals surface area (Å²) in [5.74, 6) is 1.02. The topological polar surface area (TPSA) is 73.6 Å². The second-order valence-electron chi connectivity index (χ2n) is 4.07. The van der Waals surface area contributed by atoms with Crippen LogP contribution in [-0.4, -0.2) is 27.7 Å². The molecule has 0 aliphatic rings. The summed E-state index contributed by atoms with van der Waals surface area (Å²) in [7, 11) is 1.60. The molecule has 1 N–H and O–H groups in total. The number of aromatic nitrogens is 2. The maximum Gasteiger partial charge on any atom is 0.354 e. The van der Waals surface area contributed by atoms with Gasteiger partial charge in [-0.05, 0) is 31.2 Å². The first-order chi connectivity index (χ1) is 9.65. The zero-order valence-electron chi connectivity index (χ0n) is 11.4. The van der Waals surface area contributed by atoms with Crippen molar-refractivity contribution in [3.8, 4) is 11.5 Å². The van der Waals surface area contributed by atoms with E-state index in [0.717, 1.165) is 5.75 Å². The number of carbonyl (C=O) groups is 1. The summed E-state index contributed by atoms with van der Waals surface area (Å²) in [6, 6.07) is 7.17. The van der Waals surface area contributed by atoms with Crippen LogP contribution in [0.5, 0.6) is 11.5 Å². The maximum atomic E-state index is 11.0. The van der Waals surface area contributed by atoms with E-state index in [1.807, 2.05) is 6.92 Å². The highest BCUT2D eigenvalue weighted by molar-refractivity contribution is 5.85. The number of benzene rings is 1. The molecule has 2 aromatic rings. The fourth-order valence-corrected chi connectivity index (χ4v) is 1.87. The van der Waals surface area contributed by atoms with Crippen LogP contribution in [0.25, 0.3) is 0 Å². The van der Waals surface area contributed by atoms with E-state index in [-0.39, 0.29) is 12.3 Å². The van der Waals surface area contributed by atoms with Crippen LogP contribution < -0.4 is 9.47 Å². The van der Waals surface area contributed by atoms with Crippen LogP contribution in [0.4, 0.5) is 0 Å². The first kappa shape index (κ1) is 13.9. The van der Waals surface area contributed by atoms with Gasteiger partial charge < -0.3 is 19.1 Å². The standard InChI is InChI=1S/C14H16N2O4/c1-3-16-12(14(17)18)8-15-13(16)9-20-11-6-4-10(19-2)5-7-11/h4-8H,3,9H2,1-2H3,(H,17,18). The molecule has 0 radical (unpaired) electrons. The van der Waals surface area contributed by atoms with Gasteiger partial charge in [0.15, 0.2) is 0 Å². The summed E-state index contributed by atoms with van der Waals surface area (Å²) < 4.78 is 12.3. The summed E-state index contributed by atoms with van der Waals surface area (Å²) in [6.07, 6.45) is 1.35. The van der Waals surface area contributed by atoms with Crippen molar-refractivity contribution in [1.29, 1.82) is 0 Å². The van der Waals surface area contributed by atoms with Crippen LogP contribution in [0, 0.1) is 0 Å². The average Bonchev–Trinajstić information content (AvgIpc) is 2.88. The van der Waals surface area contributed by atoms with E-state index in [0.29, 0.717) is 18.1 Å². The molecule has 0 amide bonds. The van der Waals surface area contributed by atoms with E-state index < -0.39 is 5.97 Å². The lowest BCUT2D eigenvalue weighted by Crippen LogP contribution is -2.11. The number of carboxylic acid groups (broad SMARTS) is 1. The predicted molar refractivity (Wildman–Crippen MR) is 72.2 cm³/mol. The van der Waals surface area contributed by atoms with Crippen molar-refractivity contribution in [1.82, 2.24) is 9.55 Å². The Bertz CT molecular complexity index is 590. The quantitative estimate of drug-likeness (QED) is 0.875. The van der Waals surface area contributed by atoms with E-state index in [1.165, 1.54) is 6.20 Å². The van der Waals surface area contributed by atoms with Crippen molar-refractivity contribution >= 4 is 5.97 Å². The molecule has 1 aromatic carbocycles. The Labute approximate surface area is 116 Å². The van der Waals surface area contributed by atoms with Gasteiger partial charge in [-0.25, -0.2) is 9.78 Å². The van der Waals surface area contributed by atoms with Crippen LogP contribution >= 0.6 is 0 Å². The highest BCUT2D eigenvalue weighted by Crippen LogP contribution is 2.18. The van der Waals surface area contributed by atoms with Gasteiger partial charge in [0.25, 0.3) is 0 Å². The molecule has 0 atom stereocenters. The molecule has 0 saturated carbocycles. The molecule has 0 fully saturated rings. The van der Waals surface area contributed by atoms with Crippen molar-refractivity contribution in [3.63, 3.8) is 0 Å². The van der Waals surface area contributed by atoms with Gasteiger partial charge in [0.05, 0.1) is 13.3 Å². The number of ether oxygens (including phenoxy) is 2. The van der Waals surface area contributed by atoms with Crippen molar-refractivity contribution in [2.24, 2.45) is 0 Å². The summed E-state index contributed by atoms with van der Waals surface area (Å²) in [5, 5.41) is 9.04. The average molecular weight is 276 g/mol. The van der Waals surface area contributed by atoms with E-state index >= 15 is 0 Å². The number of imidazole rings is 1. The van der Waals surface area contributed by atoms with E-state index in [1.54, 1.807) is 35.9 Å². The summed E-state index contributed by atoms with van der Waals surface area (Å²) in [5.41, 5.74) is 0.167. The number of rotatable bonds is 6. The molecular weight excluding hydrogens is 260 g/mol. The Balaban J connectivity index is 2.08. The van der Waals surface area contributed by atoms with Crippen LogP contribution in [0.1, 0.15) is 23.2 Å². The molecule has 1 heterocycles. The number of carboxylic acids is 1. The lowest BCUT2D eigenvalue weighted by Gasteiger charge is -2.09. The molecule has 106 valence electrons. The second-order valence-corrected chi connectivity index (χ2v) is 4.07. The highest BCUT2D eigenvalue weighted by Gasteiger charge is 2.14. The molecule has 0 bridgehead atoms. The third-order valence-corrected chi connectivity index (χ3v) is 2.90. The summed E-state index contributed by atoms with van der Waals surface area (Å²) in [6.45, 7) is 2.61. The van der Waals surface area contributed by atoms with Gasteiger partial charge in [0.1, 0.15) is 29.6 Å². The number of hydrogen-bond acceptors (Lipinski definition) is 4. The first-order valence-electron chi connectivity index (χ1n) is 6.20. The minimum atomic E-state index is -0.991. The third kappa shape index (κ3) is 2.90. The molecule has 0 aliphatic carbocycles. The zero-order valence-corrected chi connectivity index (χ0v) is 11.4. The Kier molecular flexibility index (Phi) is 4.24. The van der Waals surface area contributed by atoms with Crippen molar-refractivity contribution in [2.45, 2.75) is 20.1 Å². The Morgan fingerprint density at radius 1 is 1.30 bits per heavy atom. The molecule has 0 spiro atoms. The lowest BCUT2D eigenvalue weighted by molar-refractivity contribution is 0.0684. The number of hydrogen-bond donors (Lipinski definition) is 1. The second kappa shape index (κ2) is 6.10. The van der Waals surface area contributed by atoms with Gasteiger partial charge in [0.2, 0.25) is 0 Å². The van der Waals surface area contributed by atoms with E-state index in [9.17, 15) is 4.79 Å². The summed E-state index contributed by atoms with van der Waals surface area (Å²) in [4.78, 5) is 15.1. The number of nitrogens with zero attached hydrogens (tertiary/aromatic N) is 2. The van der Waals surface area contributed by atoms with Gasteiger partial charge in [-0.1, -0.05) is 0 Å². The van der Waals surface area contributed by atoms with Crippen LogP contribution in [0.3, 0.4) is 0 Å². The van der Waals surface area contributed by atoms with Crippen LogP contribution in [0.15, 0.2) is 30.5 Å². The SMILES string of the molecule is CCn1c(C(=O)O)cnc1COc1ccc(OC)cc1. The van der Waals surface area contributed by atoms with E-state index in [4.69, 9.17) is 14.6 Å². The van der Waals surface area contributed by atoms with Crippen LogP contribution in [-0.2, 0) is 13.2 Å². The largest absolute Gasteiger partial charge is 0.497 e. The molecular formula is C14H16N2O4. The van der Waals surface area contributed by atoms with Gasteiger partial charge in [-0.3, -0.25) is 0 Å². The number of methoxy groups -OCH3 is 1. The zero-order chi connectivity index (χ0) is 14.5. The monoisotopic (exact) mass is 276 g/mol. The molecule has 0 aliphatic heterocycles. The smallest absolute Gasteiger partial charge is 0.354 e. The fraction of sp³-hybridized carbons (Fsp3) is 0.286. The van der Waals surface area contributed by atoms with Crippen molar-refractivity contribution in [3.05, 3.63) is 42.0 Å². The predicted octanol–water partition coefficient (Wildman–Crippen LogP) is 2.19. The Morgan fingerprint density at radius 3 is 2.50 bits per heavy atom. The molecule has 0 saturated heterocycles. The third-order valence-electron chi connectivity index (χ3n) is 2.90. The molecule has 6 heteroatoms. The fourth-order valence-electron chi connectivity index (χ4n) is 1.87. The molecule has 0 unspecified atom stereocenters. The normalized spacial score (nSPS) is 10.3. The summed E-state index contributed by atoms with van der Waals surface area (Å²) >= 11 is 0. The van der Waals surface area contributed by atoms with E-state index in [2.05, 4.69) is 4.98 Å². The lowest BCUT2D eigenvalue weighted by atomic mass is 10.3. The minimum Gasteiger partial charge on any atom is -0.497 e.